The van der Waals surface area contributed by atoms with Crippen LogP contribution in [0, 0.1) is 17.2 Å². The van der Waals surface area contributed by atoms with E-state index in [1.807, 2.05) is 6.07 Å². The fourth-order valence-electron chi connectivity index (χ4n) is 3.76. The minimum Gasteiger partial charge on any atom is -0.298 e. The van der Waals surface area contributed by atoms with Crippen molar-refractivity contribution in [2.24, 2.45) is 5.92 Å². The van der Waals surface area contributed by atoms with Crippen LogP contribution in [-0.2, 0) is 0 Å². The highest BCUT2D eigenvalue weighted by molar-refractivity contribution is 7.99. The van der Waals surface area contributed by atoms with Gasteiger partial charge in [-0.3, -0.25) is 4.90 Å². The molecule has 0 N–H and O–H groups in total. The summed E-state index contributed by atoms with van der Waals surface area (Å²) < 4.78 is 0. The average molecular weight is 300 g/mol. The van der Waals surface area contributed by atoms with Gasteiger partial charge in [-0.1, -0.05) is 30.3 Å². The van der Waals surface area contributed by atoms with Crippen molar-refractivity contribution in [3.8, 4) is 6.07 Å². The van der Waals surface area contributed by atoms with E-state index in [0.29, 0.717) is 6.04 Å². The summed E-state index contributed by atoms with van der Waals surface area (Å²) in [5.41, 5.74) is 1.19. The Morgan fingerprint density at radius 2 is 1.95 bits per heavy atom. The highest BCUT2D eigenvalue weighted by Crippen LogP contribution is 2.33. The van der Waals surface area contributed by atoms with Crippen LogP contribution in [0.3, 0.4) is 0 Å². The van der Waals surface area contributed by atoms with E-state index in [9.17, 15) is 5.26 Å². The largest absolute Gasteiger partial charge is 0.298 e. The summed E-state index contributed by atoms with van der Waals surface area (Å²) in [6, 6.07) is 13.4. The SMILES string of the molecule is N#CC(c1ccccc1)C1CCCN1CC1CCSCC1. The Morgan fingerprint density at radius 1 is 1.19 bits per heavy atom. The number of nitrogens with zero attached hydrogens (tertiary/aromatic N) is 2. The molecule has 2 heterocycles. The molecule has 1 aromatic rings. The molecular formula is C18H24N2S. The van der Waals surface area contributed by atoms with Gasteiger partial charge in [0.15, 0.2) is 0 Å². The van der Waals surface area contributed by atoms with Crippen LogP contribution in [0.1, 0.15) is 37.2 Å². The molecule has 112 valence electrons. The quantitative estimate of drug-likeness (QED) is 0.844. The highest BCUT2D eigenvalue weighted by atomic mass is 32.2. The molecule has 2 nitrogen and oxygen atoms in total. The molecule has 0 saturated carbocycles. The molecule has 21 heavy (non-hydrogen) atoms. The van der Waals surface area contributed by atoms with Crippen LogP contribution >= 0.6 is 11.8 Å². The van der Waals surface area contributed by atoms with Gasteiger partial charge in [0, 0.05) is 12.6 Å². The first-order chi connectivity index (χ1) is 10.4. The van der Waals surface area contributed by atoms with Crippen LogP contribution < -0.4 is 0 Å². The molecule has 2 unspecified atom stereocenters. The predicted octanol–water partition coefficient (Wildman–Crippen LogP) is 3.90. The molecule has 2 saturated heterocycles. The van der Waals surface area contributed by atoms with Crippen LogP contribution in [0.25, 0.3) is 0 Å². The van der Waals surface area contributed by atoms with Gasteiger partial charge >= 0.3 is 0 Å². The Morgan fingerprint density at radius 3 is 2.67 bits per heavy atom. The normalized spacial score (nSPS) is 25.6. The van der Waals surface area contributed by atoms with Crippen LogP contribution in [-0.4, -0.2) is 35.5 Å². The van der Waals surface area contributed by atoms with Crippen molar-refractivity contribution < 1.29 is 0 Å². The van der Waals surface area contributed by atoms with Crippen molar-refractivity contribution in [3.63, 3.8) is 0 Å². The third-order valence-electron chi connectivity index (χ3n) is 4.93. The van der Waals surface area contributed by atoms with E-state index in [-0.39, 0.29) is 5.92 Å². The van der Waals surface area contributed by atoms with Gasteiger partial charge in [0.05, 0.1) is 12.0 Å². The van der Waals surface area contributed by atoms with Crippen molar-refractivity contribution >= 4 is 11.8 Å². The molecule has 3 heteroatoms. The summed E-state index contributed by atoms with van der Waals surface area (Å²) in [6.45, 7) is 2.38. The van der Waals surface area contributed by atoms with Crippen molar-refractivity contribution in [2.45, 2.75) is 37.6 Å². The average Bonchev–Trinajstić information content (AvgIpc) is 2.98. The van der Waals surface area contributed by atoms with Gasteiger partial charge in [0.25, 0.3) is 0 Å². The summed E-state index contributed by atoms with van der Waals surface area (Å²) in [7, 11) is 0. The molecule has 1 aromatic carbocycles. The fourth-order valence-corrected chi connectivity index (χ4v) is 4.96. The van der Waals surface area contributed by atoms with E-state index in [4.69, 9.17) is 0 Å². The molecule has 2 aliphatic heterocycles. The second-order valence-corrected chi connectivity index (χ2v) is 7.50. The Balaban J connectivity index is 1.69. The number of benzene rings is 1. The standard InChI is InChI=1S/C18H24N2S/c19-13-17(16-5-2-1-3-6-16)18-7-4-10-20(18)14-15-8-11-21-12-9-15/h1-3,5-6,15,17-18H,4,7-12,14H2. The number of hydrogen-bond donors (Lipinski definition) is 0. The van der Waals surface area contributed by atoms with Crippen LogP contribution in [0.2, 0.25) is 0 Å². The third kappa shape index (κ3) is 3.62. The second-order valence-electron chi connectivity index (χ2n) is 6.28. The first-order valence-electron chi connectivity index (χ1n) is 8.15. The van der Waals surface area contributed by atoms with Gasteiger partial charge in [-0.2, -0.15) is 17.0 Å². The van der Waals surface area contributed by atoms with Gasteiger partial charge < -0.3 is 0 Å². The first kappa shape index (κ1) is 14.9. The maximum atomic E-state index is 9.68. The summed E-state index contributed by atoms with van der Waals surface area (Å²) in [6.07, 6.45) is 5.14. The van der Waals surface area contributed by atoms with Crippen molar-refractivity contribution in [1.29, 1.82) is 5.26 Å². The zero-order valence-electron chi connectivity index (χ0n) is 12.6. The Bertz CT molecular complexity index is 476. The molecular weight excluding hydrogens is 276 g/mol. The Hall–Kier alpha value is -0.980. The number of nitriles is 1. The highest BCUT2D eigenvalue weighted by Gasteiger charge is 2.34. The minimum absolute atomic E-state index is 0.0339. The van der Waals surface area contributed by atoms with E-state index >= 15 is 0 Å². The van der Waals surface area contributed by atoms with E-state index in [0.717, 1.165) is 5.92 Å². The molecule has 0 spiro atoms. The smallest absolute Gasteiger partial charge is 0.0867 e. The molecule has 2 aliphatic rings. The Labute approximate surface area is 132 Å². The lowest BCUT2D eigenvalue weighted by molar-refractivity contribution is 0.198. The van der Waals surface area contributed by atoms with E-state index in [1.165, 1.54) is 55.8 Å². The summed E-state index contributed by atoms with van der Waals surface area (Å²) in [5.74, 6) is 3.53. The van der Waals surface area contributed by atoms with Crippen LogP contribution in [0.15, 0.2) is 30.3 Å². The van der Waals surface area contributed by atoms with Gasteiger partial charge in [0.2, 0.25) is 0 Å². The summed E-state index contributed by atoms with van der Waals surface area (Å²) in [5, 5.41) is 9.68. The van der Waals surface area contributed by atoms with Crippen LogP contribution in [0.5, 0.6) is 0 Å². The number of hydrogen-bond acceptors (Lipinski definition) is 3. The zero-order chi connectivity index (χ0) is 14.5. The monoisotopic (exact) mass is 300 g/mol. The van der Waals surface area contributed by atoms with E-state index in [2.05, 4.69) is 47.0 Å². The lowest BCUT2D eigenvalue weighted by Gasteiger charge is -2.32. The lowest BCUT2D eigenvalue weighted by Crippen LogP contribution is -2.38. The van der Waals surface area contributed by atoms with Gasteiger partial charge in [-0.05, 0) is 55.2 Å². The summed E-state index contributed by atoms with van der Waals surface area (Å²) in [4.78, 5) is 2.61. The van der Waals surface area contributed by atoms with Crippen molar-refractivity contribution in [3.05, 3.63) is 35.9 Å². The zero-order valence-corrected chi connectivity index (χ0v) is 13.4. The number of rotatable bonds is 4. The van der Waals surface area contributed by atoms with Gasteiger partial charge in [0.1, 0.15) is 0 Å². The fraction of sp³-hybridized carbons (Fsp3) is 0.611. The van der Waals surface area contributed by atoms with E-state index in [1.54, 1.807) is 0 Å². The third-order valence-corrected chi connectivity index (χ3v) is 5.98. The molecule has 0 radical (unpaired) electrons. The maximum Gasteiger partial charge on any atom is 0.0867 e. The van der Waals surface area contributed by atoms with Crippen LogP contribution in [0.4, 0.5) is 0 Å². The topological polar surface area (TPSA) is 27.0 Å². The number of likely N-dealkylation sites (tertiary alicyclic amines) is 1. The molecule has 0 aromatic heterocycles. The van der Waals surface area contributed by atoms with Gasteiger partial charge in [-0.15, -0.1) is 0 Å². The molecule has 3 rings (SSSR count). The number of thioether (sulfide) groups is 1. The summed E-state index contributed by atoms with van der Waals surface area (Å²) >= 11 is 2.09. The van der Waals surface area contributed by atoms with E-state index < -0.39 is 0 Å². The molecule has 0 amide bonds. The second kappa shape index (κ2) is 7.33. The molecule has 0 aliphatic carbocycles. The minimum atomic E-state index is 0.0339. The van der Waals surface area contributed by atoms with Gasteiger partial charge in [-0.25, -0.2) is 0 Å². The lowest BCUT2D eigenvalue weighted by atomic mass is 9.90. The Kier molecular flexibility index (Phi) is 5.22. The molecule has 2 atom stereocenters. The van der Waals surface area contributed by atoms with Crippen molar-refractivity contribution in [2.75, 3.05) is 24.6 Å². The maximum absolute atomic E-state index is 9.68. The molecule has 0 bridgehead atoms. The predicted molar refractivity (Wildman–Crippen MR) is 89.4 cm³/mol. The first-order valence-corrected chi connectivity index (χ1v) is 9.30. The van der Waals surface area contributed by atoms with Crippen molar-refractivity contribution in [1.82, 2.24) is 4.90 Å². The molecule has 2 fully saturated rings.